The van der Waals surface area contributed by atoms with Gasteiger partial charge in [-0.1, -0.05) is 0 Å². The van der Waals surface area contributed by atoms with Crippen LogP contribution in [0, 0.1) is 5.92 Å². The first-order chi connectivity index (χ1) is 13.7. The zero-order chi connectivity index (χ0) is 19.1. The maximum atomic E-state index is 12.7. The number of ether oxygens (including phenoxy) is 2. The first-order valence-electron chi connectivity index (χ1n) is 9.67. The first kappa shape index (κ1) is 17.5. The van der Waals surface area contributed by atoms with Crippen molar-refractivity contribution < 1.29 is 19.1 Å². The Bertz CT molecular complexity index is 918. The van der Waals surface area contributed by atoms with E-state index in [-0.39, 0.29) is 24.2 Å². The highest BCUT2D eigenvalue weighted by molar-refractivity contribution is 7.15. The number of thiazole rings is 1. The highest BCUT2D eigenvalue weighted by Gasteiger charge is 2.36. The molecule has 0 bridgehead atoms. The van der Waals surface area contributed by atoms with E-state index in [1.54, 1.807) is 16.2 Å². The van der Waals surface area contributed by atoms with E-state index < -0.39 is 0 Å². The van der Waals surface area contributed by atoms with Crippen molar-refractivity contribution in [1.29, 1.82) is 0 Å². The molecular weight excluding hydrogens is 378 g/mol. The molecule has 1 aliphatic carbocycles. The Kier molecular flexibility index (Phi) is 4.43. The third-order valence-corrected chi connectivity index (χ3v) is 6.48. The Labute approximate surface area is 166 Å². The molecule has 2 aliphatic heterocycles. The van der Waals surface area contributed by atoms with Crippen molar-refractivity contribution in [2.75, 3.05) is 30.0 Å². The highest BCUT2D eigenvalue weighted by Crippen LogP contribution is 2.36. The molecule has 1 aromatic heterocycles. The molecule has 0 radical (unpaired) electrons. The van der Waals surface area contributed by atoms with Gasteiger partial charge < -0.3 is 19.7 Å². The number of carbonyl (C=O) groups is 2. The van der Waals surface area contributed by atoms with Crippen LogP contribution in [0.15, 0.2) is 18.2 Å². The molecule has 5 rings (SSSR count). The summed E-state index contributed by atoms with van der Waals surface area (Å²) < 4.78 is 11.1. The zero-order valence-electron chi connectivity index (χ0n) is 15.4. The molecule has 0 saturated carbocycles. The maximum absolute atomic E-state index is 12.7. The molecule has 2 amide bonds. The summed E-state index contributed by atoms with van der Waals surface area (Å²) in [4.78, 5) is 32.7. The van der Waals surface area contributed by atoms with Crippen LogP contribution in [0.25, 0.3) is 0 Å². The van der Waals surface area contributed by atoms with Gasteiger partial charge in [-0.3, -0.25) is 9.59 Å². The van der Waals surface area contributed by atoms with Crippen LogP contribution in [-0.2, 0) is 22.4 Å². The zero-order valence-corrected chi connectivity index (χ0v) is 16.2. The Hall–Kier alpha value is -2.61. The number of carbonyl (C=O) groups excluding carboxylic acids is 2. The fourth-order valence-corrected chi connectivity index (χ4v) is 5.00. The van der Waals surface area contributed by atoms with Crippen molar-refractivity contribution in [2.24, 2.45) is 5.92 Å². The summed E-state index contributed by atoms with van der Waals surface area (Å²) in [7, 11) is 0. The molecule has 2 aromatic rings. The summed E-state index contributed by atoms with van der Waals surface area (Å²) in [6.45, 7) is 1.38. The van der Waals surface area contributed by atoms with Gasteiger partial charge in [-0.05, 0) is 37.8 Å². The molecule has 0 spiro atoms. The van der Waals surface area contributed by atoms with Crippen LogP contribution < -0.4 is 19.7 Å². The standard InChI is InChI=1S/C20H21N3O4S/c24-18-9-12(19(25)22-20-21-14-3-1-2-4-17(14)28-20)11-23(18)13-5-6-15-16(10-13)27-8-7-26-15/h5-6,10,12H,1-4,7-9,11H2,(H,21,22,25). The van der Waals surface area contributed by atoms with Gasteiger partial charge in [0.25, 0.3) is 0 Å². The van der Waals surface area contributed by atoms with Crippen LogP contribution in [0.3, 0.4) is 0 Å². The average molecular weight is 399 g/mol. The van der Waals surface area contributed by atoms with E-state index >= 15 is 0 Å². The van der Waals surface area contributed by atoms with E-state index in [0.29, 0.717) is 36.4 Å². The minimum atomic E-state index is -0.387. The number of hydrogen-bond donors (Lipinski definition) is 1. The maximum Gasteiger partial charge on any atom is 0.231 e. The lowest BCUT2D eigenvalue weighted by Crippen LogP contribution is -2.28. The predicted molar refractivity (Wildman–Crippen MR) is 105 cm³/mol. The molecule has 3 aliphatic rings. The van der Waals surface area contributed by atoms with Gasteiger partial charge in [-0.2, -0.15) is 0 Å². The lowest BCUT2D eigenvalue weighted by Gasteiger charge is -2.22. The van der Waals surface area contributed by atoms with E-state index in [1.807, 2.05) is 18.2 Å². The summed E-state index contributed by atoms with van der Waals surface area (Å²) >= 11 is 1.56. The molecular formula is C20H21N3O4S. The largest absolute Gasteiger partial charge is 0.486 e. The smallest absolute Gasteiger partial charge is 0.231 e. The number of fused-ring (bicyclic) bond motifs is 2. The molecule has 146 valence electrons. The third kappa shape index (κ3) is 3.22. The fraction of sp³-hybridized carbons (Fsp3) is 0.450. The first-order valence-corrected chi connectivity index (χ1v) is 10.5. The minimum Gasteiger partial charge on any atom is -0.486 e. The topological polar surface area (TPSA) is 80.8 Å². The molecule has 1 N–H and O–H groups in total. The molecule has 1 fully saturated rings. The normalized spacial score (nSPS) is 20.8. The number of benzene rings is 1. The SMILES string of the molecule is O=C(Nc1nc2c(s1)CCCC2)C1CC(=O)N(c2ccc3c(c2)OCCO3)C1. The lowest BCUT2D eigenvalue weighted by molar-refractivity contribution is -0.122. The van der Waals surface area contributed by atoms with Crippen LogP contribution in [0.4, 0.5) is 10.8 Å². The van der Waals surface area contributed by atoms with E-state index in [4.69, 9.17) is 9.47 Å². The number of rotatable bonds is 3. The molecule has 1 saturated heterocycles. The van der Waals surface area contributed by atoms with Gasteiger partial charge in [0.1, 0.15) is 13.2 Å². The molecule has 1 aromatic carbocycles. The van der Waals surface area contributed by atoms with Gasteiger partial charge in [0.2, 0.25) is 11.8 Å². The number of aryl methyl sites for hydroxylation is 2. The molecule has 8 heteroatoms. The third-order valence-electron chi connectivity index (χ3n) is 5.41. The Morgan fingerprint density at radius 3 is 2.86 bits per heavy atom. The predicted octanol–water partition coefficient (Wildman–Crippen LogP) is 2.78. The number of aromatic nitrogens is 1. The van der Waals surface area contributed by atoms with Crippen molar-refractivity contribution in [2.45, 2.75) is 32.1 Å². The second kappa shape index (κ2) is 7.09. The molecule has 3 heterocycles. The van der Waals surface area contributed by atoms with Crippen molar-refractivity contribution >= 4 is 34.0 Å². The van der Waals surface area contributed by atoms with E-state index in [1.165, 1.54) is 11.3 Å². The van der Waals surface area contributed by atoms with Gasteiger partial charge in [0.05, 0.1) is 11.6 Å². The van der Waals surface area contributed by atoms with E-state index in [2.05, 4.69) is 10.3 Å². The Morgan fingerprint density at radius 1 is 1.18 bits per heavy atom. The van der Waals surface area contributed by atoms with E-state index in [0.717, 1.165) is 30.6 Å². The van der Waals surface area contributed by atoms with Crippen LogP contribution in [-0.4, -0.2) is 36.6 Å². The lowest BCUT2D eigenvalue weighted by atomic mass is 10.0. The number of anilines is 2. The van der Waals surface area contributed by atoms with Crippen molar-refractivity contribution in [3.63, 3.8) is 0 Å². The van der Waals surface area contributed by atoms with Crippen LogP contribution in [0.2, 0.25) is 0 Å². The van der Waals surface area contributed by atoms with Crippen LogP contribution in [0.1, 0.15) is 29.8 Å². The summed E-state index contributed by atoms with van der Waals surface area (Å²) in [5.74, 6) is 0.734. The highest BCUT2D eigenvalue weighted by atomic mass is 32.1. The summed E-state index contributed by atoms with van der Waals surface area (Å²) in [6.07, 6.45) is 4.57. The fourth-order valence-electron chi connectivity index (χ4n) is 3.95. The van der Waals surface area contributed by atoms with Gasteiger partial charge in [0.15, 0.2) is 16.6 Å². The van der Waals surface area contributed by atoms with Crippen LogP contribution >= 0.6 is 11.3 Å². The second-order valence-electron chi connectivity index (χ2n) is 7.32. The van der Waals surface area contributed by atoms with Gasteiger partial charge in [-0.15, -0.1) is 11.3 Å². The van der Waals surface area contributed by atoms with Gasteiger partial charge in [-0.25, -0.2) is 4.98 Å². The molecule has 1 unspecified atom stereocenters. The molecule has 28 heavy (non-hydrogen) atoms. The summed E-state index contributed by atoms with van der Waals surface area (Å²) in [5, 5.41) is 3.58. The number of hydrogen-bond acceptors (Lipinski definition) is 6. The minimum absolute atomic E-state index is 0.0599. The second-order valence-corrected chi connectivity index (χ2v) is 8.40. The van der Waals surface area contributed by atoms with Gasteiger partial charge in [0, 0.05) is 29.6 Å². The summed E-state index contributed by atoms with van der Waals surface area (Å²) in [5.41, 5.74) is 1.85. The molecule has 1 atom stereocenters. The summed E-state index contributed by atoms with van der Waals surface area (Å²) in [6, 6.07) is 5.45. The average Bonchev–Trinajstić information content (AvgIpc) is 3.30. The monoisotopic (exact) mass is 399 g/mol. The van der Waals surface area contributed by atoms with Crippen molar-refractivity contribution in [3.8, 4) is 11.5 Å². The number of nitrogens with one attached hydrogen (secondary N) is 1. The van der Waals surface area contributed by atoms with Crippen LogP contribution in [0.5, 0.6) is 11.5 Å². The number of amides is 2. The molecule has 7 nitrogen and oxygen atoms in total. The Morgan fingerprint density at radius 2 is 2.00 bits per heavy atom. The van der Waals surface area contributed by atoms with E-state index in [9.17, 15) is 9.59 Å². The Balaban J connectivity index is 1.28. The van der Waals surface area contributed by atoms with Crippen molar-refractivity contribution in [1.82, 2.24) is 4.98 Å². The van der Waals surface area contributed by atoms with Gasteiger partial charge >= 0.3 is 0 Å². The quantitative estimate of drug-likeness (QED) is 0.858. The number of nitrogens with zero attached hydrogens (tertiary/aromatic N) is 2. The van der Waals surface area contributed by atoms with Crippen molar-refractivity contribution in [3.05, 3.63) is 28.8 Å².